The third-order valence-electron chi connectivity index (χ3n) is 2.10. The fourth-order valence-electron chi connectivity index (χ4n) is 0.931. The van der Waals surface area contributed by atoms with Crippen molar-refractivity contribution < 1.29 is 0 Å². The molecule has 3 nitrogen and oxygen atoms in total. The zero-order valence-corrected chi connectivity index (χ0v) is 11.0. The molecule has 0 aliphatic carbocycles. The number of rotatable bonds is 5. The predicted molar refractivity (Wildman–Crippen MR) is 68.4 cm³/mol. The second kappa shape index (κ2) is 6.23. The molecular weight excluding hydrogens is 226 g/mol. The Morgan fingerprint density at radius 1 is 1.47 bits per heavy atom. The molecule has 15 heavy (non-hydrogen) atoms. The van der Waals surface area contributed by atoms with Gasteiger partial charge in [0.1, 0.15) is 10.8 Å². The van der Waals surface area contributed by atoms with Crippen molar-refractivity contribution in [2.24, 2.45) is 5.92 Å². The summed E-state index contributed by atoms with van der Waals surface area (Å²) < 4.78 is 0. The number of nitrogen functional groups attached to an aromatic ring is 1. The minimum Gasteiger partial charge on any atom is -0.384 e. The van der Waals surface area contributed by atoms with E-state index in [0.717, 1.165) is 15.9 Å². The van der Waals surface area contributed by atoms with E-state index >= 15 is 0 Å². The van der Waals surface area contributed by atoms with Crippen LogP contribution in [0.2, 0.25) is 0 Å². The molecule has 5 heteroatoms. The number of hydrogen-bond donors (Lipinski definition) is 1. The highest BCUT2D eigenvalue weighted by Crippen LogP contribution is 2.23. The van der Waals surface area contributed by atoms with Gasteiger partial charge >= 0.3 is 0 Å². The lowest BCUT2D eigenvalue weighted by atomic mass is 10.2. The average Bonchev–Trinajstić information content (AvgIpc) is 2.25. The Hall–Kier alpha value is -0.420. The zero-order valence-electron chi connectivity index (χ0n) is 9.36. The third kappa shape index (κ3) is 4.30. The van der Waals surface area contributed by atoms with Crippen molar-refractivity contribution in [1.82, 2.24) is 9.97 Å². The second-order valence-electron chi connectivity index (χ2n) is 3.44. The van der Waals surface area contributed by atoms with E-state index in [1.807, 2.05) is 12.3 Å². The maximum atomic E-state index is 5.70. The number of nitrogens with zero attached hydrogens (tertiary/aromatic N) is 2. The summed E-state index contributed by atoms with van der Waals surface area (Å²) in [7, 11) is 0. The van der Waals surface area contributed by atoms with Gasteiger partial charge in [0.25, 0.3) is 0 Å². The van der Waals surface area contributed by atoms with E-state index in [1.165, 1.54) is 18.2 Å². The molecule has 0 amide bonds. The monoisotopic (exact) mass is 243 g/mol. The molecule has 2 N–H and O–H groups in total. The molecule has 0 saturated carbocycles. The number of thioether (sulfide) groups is 2. The predicted octanol–water partition coefficient (Wildman–Crippen LogP) is 2.92. The summed E-state index contributed by atoms with van der Waals surface area (Å²) in [5.74, 6) is 2.35. The van der Waals surface area contributed by atoms with Crippen LogP contribution in [-0.2, 0) is 0 Å². The minimum absolute atomic E-state index is 0.556. The first-order chi connectivity index (χ1) is 7.15. The summed E-state index contributed by atoms with van der Waals surface area (Å²) in [4.78, 5) is 8.51. The van der Waals surface area contributed by atoms with Crippen LogP contribution < -0.4 is 5.73 Å². The van der Waals surface area contributed by atoms with Crippen LogP contribution in [0.25, 0.3) is 0 Å². The molecule has 1 aromatic rings. The summed E-state index contributed by atoms with van der Waals surface area (Å²) in [5, 5.41) is 1.73. The molecule has 84 valence electrons. The molecule has 1 aromatic heterocycles. The second-order valence-corrected chi connectivity index (χ2v) is 5.26. The highest BCUT2D eigenvalue weighted by molar-refractivity contribution is 7.99. The van der Waals surface area contributed by atoms with Crippen LogP contribution in [0, 0.1) is 5.92 Å². The van der Waals surface area contributed by atoms with Crippen molar-refractivity contribution in [3.8, 4) is 0 Å². The summed E-state index contributed by atoms with van der Waals surface area (Å²) >= 11 is 3.27. The van der Waals surface area contributed by atoms with Gasteiger partial charge in [0.15, 0.2) is 5.16 Å². The molecule has 0 bridgehead atoms. The number of nitrogens with two attached hydrogens (primary N) is 1. The summed E-state index contributed by atoms with van der Waals surface area (Å²) in [6.45, 7) is 4.44. The first kappa shape index (κ1) is 12.6. The number of aromatic nitrogens is 2. The van der Waals surface area contributed by atoms with Crippen molar-refractivity contribution in [3.05, 3.63) is 6.07 Å². The third-order valence-corrected chi connectivity index (χ3v) is 3.89. The fraction of sp³-hybridized carbons (Fsp3) is 0.600. The van der Waals surface area contributed by atoms with Crippen LogP contribution in [0.1, 0.15) is 20.3 Å². The van der Waals surface area contributed by atoms with E-state index in [0.29, 0.717) is 11.7 Å². The molecule has 1 rings (SSSR count). The largest absolute Gasteiger partial charge is 0.384 e. The van der Waals surface area contributed by atoms with Gasteiger partial charge in [-0.25, -0.2) is 9.97 Å². The van der Waals surface area contributed by atoms with Gasteiger partial charge in [0.2, 0.25) is 0 Å². The van der Waals surface area contributed by atoms with Crippen molar-refractivity contribution in [2.75, 3.05) is 17.7 Å². The van der Waals surface area contributed by atoms with Crippen LogP contribution in [0.15, 0.2) is 16.2 Å². The van der Waals surface area contributed by atoms with Crippen molar-refractivity contribution in [1.29, 1.82) is 0 Å². The highest BCUT2D eigenvalue weighted by atomic mass is 32.2. The van der Waals surface area contributed by atoms with Crippen molar-refractivity contribution >= 4 is 29.3 Å². The Morgan fingerprint density at radius 2 is 2.20 bits per heavy atom. The van der Waals surface area contributed by atoms with E-state index in [4.69, 9.17) is 5.73 Å². The van der Waals surface area contributed by atoms with Gasteiger partial charge in [-0.3, -0.25) is 0 Å². The smallest absolute Gasteiger partial charge is 0.190 e. The first-order valence-corrected chi connectivity index (χ1v) is 7.18. The minimum atomic E-state index is 0.556. The normalized spacial score (nSPS) is 12.7. The maximum absolute atomic E-state index is 5.70. The molecule has 0 saturated heterocycles. The maximum Gasteiger partial charge on any atom is 0.190 e. The molecule has 1 unspecified atom stereocenters. The highest BCUT2D eigenvalue weighted by Gasteiger charge is 2.05. The lowest BCUT2D eigenvalue weighted by Gasteiger charge is -2.07. The molecule has 0 radical (unpaired) electrons. The fourth-order valence-corrected chi connectivity index (χ4v) is 2.42. The SMILES string of the molecule is CCC(C)CSc1cc(N)nc(SC)n1. The molecule has 1 atom stereocenters. The molecule has 1 heterocycles. The Balaban J connectivity index is 2.64. The Morgan fingerprint density at radius 3 is 2.80 bits per heavy atom. The van der Waals surface area contributed by atoms with Gasteiger partial charge < -0.3 is 5.73 Å². The van der Waals surface area contributed by atoms with E-state index < -0.39 is 0 Å². The van der Waals surface area contributed by atoms with Gasteiger partial charge in [0.05, 0.1) is 0 Å². The van der Waals surface area contributed by atoms with Crippen LogP contribution in [-0.4, -0.2) is 22.0 Å². The van der Waals surface area contributed by atoms with E-state index in [1.54, 1.807) is 11.8 Å². The zero-order chi connectivity index (χ0) is 11.3. The molecule has 0 aliphatic heterocycles. The Kier molecular flexibility index (Phi) is 5.25. The van der Waals surface area contributed by atoms with Gasteiger partial charge in [-0.1, -0.05) is 32.0 Å². The van der Waals surface area contributed by atoms with E-state index in [-0.39, 0.29) is 0 Å². The van der Waals surface area contributed by atoms with Crippen molar-refractivity contribution in [3.63, 3.8) is 0 Å². The van der Waals surface area contributed by atoms with Crippen LogP contribution >= 0.6 is 23.5 Å². The lowest BCUT2D eigenvalue weighted by molar-refractivity contribution is 0.636. The summed E-state index contributed by atoms with van der Waals surface area (Å²) in [6.07, 6.45) is 3.15. The molecule has 0 spiro atoms. The lowest BCUT2D eigenvalue weighted by Crippen LogP contribution is -1.99. The van der Waals surface area contributed by atoms with Crippen LogP contribution in [0.4, 0.5) is 5.82 Å². The van der Waals surface area contributed by atoms with Gasteiger partial charge in [-0.05, 0) is 12.2 Å². The molecule has 0 aromatic carbocycles. The van der Waals surface area contributed by atoms with Gasteiger partial charge in [0, 0.05) is 11.8 Å². The van der Waals surface area contributed by atoms with Gasteiger partial charge in [-0.15, -0.1) is 11.8 Å². The first-order valence-electron chi connectivity index (χ1n) is 4.97. The van der Waals surface area contributed by atoms with Gasteiger partial charge in [-0.2, -0.15) is 0 Å². The molecule has 0 aliphatic rings. The average molecular weight is 243 g/mol. The molecular formula is C10H17N3S2. The molecule has 0 fully saturated rings. The summed E-state index contributed by atoms with van der Waals surface area (Å²) in [5.41, 5.74) is 5.70. The summed E-state index contributed by atoms with van der Waals surface area (Å²) in [6, 6.07) is 1.84. The van der Waals surface area contributed by atoms with Crippen LogP contribution in [0.5, 0.6) is 0 Å². The van der Waals surface area contributed by atoms with Crippen molar-refractivity contribution in [2.45, 2.75) is 30.5 Å². The van der Waals surface area contributed by atoms with Crippen LogP contribution in [0.3, 0.4) is 0 Å². The van der Waals surface area contributed by atoms with E-state index in [2.05, 4.69) is 23.8 Å². The standard InChI is InChI=1S/C10H17N3S2/c1-4-7(2)6-15-9-5-8(11)12-10(13-9)14-3/h5,7H,4,6H2,1-3H3,(H2,11,12,13). The Bertz CT molecular complexity index is 318. The number of hydrogen-bond acceptors (Lipinski definition) is 5. The quantitative estimate of drug-likeness (QED) is 0.489. The Labute approximate surface area is 99.6 Å². The number of anilines is 1. The van der Waals surface area contributed by atoms with E-state index in [9.17, 15) is 0 Å². The topological polar surface area (TPSA) is 51.8 Å².